The van der Waals surface area contributed by atoms with Gasteiger partial charge in [0.1, 0.15) is 5.75 Å². The molecule has 0 atom stereocenters. The number of rotatable bonds is 3. The third kappa shape index (κ3) is 2.52. The molecule has 0 unspecified atom stereocenters. The van der Waals surface area contributed by atoms with Crippen LogP contribution in [0.3, 0.4) is 0 Å². The molecule has 0 aliphatic carbocycles. The third-order valence-electron chi connectivity index (χ3n) is 2.08. The fourth-order valence-corrected chi connectivity index (χ4v) is 2.22. The smallest absolute Gasteiger partial charge is 0.183 e. The van der Waals surface area contributed by atoms with Gasteiger partial charge in [-0.2, -0.15) is 0 Å². The van der Waals surface area contributed by atoms with E-state index in [-0.39, 0.29) is 5.75 Å². The normalized spacial score (nSPS) is 10.7. The summed E-state index contributed by atoms with van der Waals surface area (Å²) < 4.78 is 0. The summed E-state index contributed by atoms with van der Waals surface area (Å²) in [4.78, 5) is 4.48. The maximum Gasteiger partial charge on any atom is 0.183 e. The molecule has 2 N–H and O–H groups in total. The van der Waals surface area contributed by atoms with Gasteiger partial charge in [0.15, 0.2) is 5.13 Å². The zero-order valence-corrected chi connectivity index (χ0v) is 10.1. The quantitative estimate of drug-likeness (QED) is 0.856. The number of phenols is 1. The zero-order valence-electron chi connectivity index (χ0n) is 9.27. The SMILES string of the molecule is CC(C)Nc1nc(-c2ccc(O)cc2)cs1. The third-order valence-corrected chi connectivity index (χ3v) is 2.85. The van der Waals surface area contributed by atoms with E-state index in [2.05, 4.69) is 24.1 Å². The van der Waals surface area contributed by atoms with Crippen LogP contribution in [0.1, 0.15) is 13.8 Å². The summed E-state index contributed by atoms with van der Waals surface area (Å²) in [5, 5.41) is 15.4. The van der Waals surface area contributed by atoms with E-state index in [1.807, 2.05) is 17.5 Å². The molecule has 2 aromatic rings. The predicted octanol–water partition coefficient (Wildman–Crippen LogP) is 3.34. The van der Waals surface area contributed by atoms with Crippen molar-refractivity contribution < 1.29 is 5.11 Å². The van der Waals surface area contributed by atoms with Crippen LogP contribution in [0.4, 0.5) is 5.13 Å². The second-order valence-electron chi connectivity index (χ2n) is 3.88. The molecule has 0 aliphatic heterocycles. The Hall–Kier alpha value is -1.55. The average Bonchev–Trinajstić information content (AvgIpc) is 2.66. The van der Waals surface area contributed by atoms with E-state index in [1.165, 1.54) is 0 Å². The molecule has 0 saturated carbocycles. The molecule has 0 radical (unpaired) electrons. The van der Waals surface area contributed by atoms with Gasteiger partial charge in [-0.05, 0) is 38.1 Å². The van der Waals surface area contributed by atoms with Crippen LogP contribution < -0.4 is 5.32 Å². The summed E-state index contributed by atoms with van der Waals surface area (Å²) in [6.45, 7) is 4.17. The lowest BCUT2D eigenvalue weighted by atomic mass is 10.2. The number of phenolic OH excluding ortho intramolecular Hbond substituents is 1. The van der Waals surface area contributed by atoms with Crippen LogP contribution in [0.2, 0.25) is 0 Å². The Morgan fingerprint density at radius 1 is 1.25 bits per heavy atom. The van der Waals surface area contributed by atoms with Crippen molar-refractivity contribution in [2.24, 2.45) is 0 Å². The van der Waals surface area contributed by atoms with Gasteiger partial charge in [-0.25, -0.2) is 4.98 Å². The maximum absolute atomic E-state index is 9.20. The summed E-state index contributed by atoms with van der Waals surface area (Å²) in [5.74, 6) is 0.277. The van der Waals surface area contributed by atoms with Crippen LogP contribution in [-0.4, -0.2) is 16.1 Å². The number of aromatic nitrogens is 1. The van der Waals surface area contributed by atoms with Crippen molar-refractivity contribution in [3.05, 3.63) is 29.6 Å². The van der Waals surface area contributed by atoms with Crippen molar-refractivity contribution in [1.82, 2.24) is 4.98 Å². The molecule has 4 heteroatoms. The Morgan fingerprint density at radius 3 is 2.56 bits per heavy atom. The van der Waals surface area contributed by atoms with E-state index < -0.39 is 0 Å². The lowest BCUT2D eigenvalue weighted by molar-refractivity contribution is 0.475. The highest BCUT2D eigenvalue weighted by molar-refractivity contribution is 7.14. The Balaban J connectivity index is 2.21. The number of hydrogen-bond donors (Lipinski definition) is 2. The minimum atomic E-state index is 0.277. The number of thiazole rings is 1. The van der Waals surface area contributed by atoms with Crippen molar-refractivity contribution in [1.29, 1.82) is 0 Å². The molecule has 1 aromatic heterocycles. The topological polar surface area (TPSA) is 45.2 Å². The Bertz CT molecular complexity index is 462. The van der Waals surface area contributed by atoms with Crippen molar-refractivity contribution in [3.8, 4) is 17.0 Å². The molecule has 1 aromatic carbocycles. The van der Waals surface area contributed by atoms with Crippen LogP contribution in [-0.2, 0) is 0 Å². The molecule has 0 spiro atoms. The van der Waals surface area contributed by atoms with Crippen molar-refractivity contribution in [2.75, 3.05) is 5.32 Å². The van der Waals surface area contributed by atoms with Crippen molar-refractivity contribution in [2.45, 2.75) is 19.9 Å². The predicted molar refractivity (Wildman–Crippen MR) is 68.0 cm³/mol. The molecule has 0 aliphatic rings. The number of aromatic hydroxyl groups is 1. The summed E-state index contributed by atoms with van der Waals surface area (Å²) in [7, 11) is 0. The highest BCUT2D eigenvalue weighted by Crippen LogP contribution is 2.26. The Morgan fingerprint density at radius 2 is 1.94 bits per heavy atom. The Kier molecular flexibility index (Phi) is 3.10. The largest absolute Gasteiger partial charge is 0.508 e. The molecule has 0 fully saturated rings. The van der Waals surface area contributed by atoms with Gasteiger partial charge in [0.2, 0.25) is 0 Å². The monoisotopic (exact) mass is 234 g/mol. The second-order valence-corrected chi connectivity index (χ2v) is 4.74. The number of benzene rings is 1. The first-order chi connectivity index (χ1) is 7.65. The highest BCUT2D eigenvalue weighted by atomic mass is 32.1. The maximum atomic E-state index is 9.20. The summed E-state index contributed by atoms with van der Waals surface area (Å²) in [6, 6.07) is 7.46. The van der Waals surface area contributed by atoms with Gasteiger partial charge in [-0.15, -0.1) is 11.3 Å². The number of nitrogens with zero attached hydrogens (tertiary/aromatic N) is 1. The van der Waals surface area contributed by atoms with E-state index in [0.29, 0.717) is 6.04 Å². The van der Waals surface area contributed by atoms with Gasteiger partial charge >= 0.3 is 0 Å². The first-order valence-electron chi connectivity index (χ1n) is 5.16. The summed E-state index contributed by atoms with van der Waals surface area (Å²) >= 11 is 1.59. The summed E-state index contributed by atoms with van der Waals surface area (Å²) in [5.41, 5.74) is 1.96. The minimum Gasteiger partial charge on any atom is -0.508 e. The van der Waals surface area contributed by atoms with E-state index >= 15 is 0 Å². The summed E-state index contributed by atoms with van der Waals surface area (Å²) in [6.07, 6.45) is 0. The van der Waals surface area contributed by atoms with Gasteiger partial charge in [-0.3, -0.25) is 0 Å². The van der Waals surface area contributed by atoms with Gasteiger partial charge in [0.25, 0.3) is 0 Å². The van der Waals surface area contributed by atoms with E-state index in [9.17, 15) is 5.11 Å². The number of hydrogen-bond acceptors (Lipinski definition) is 4. The van der Waals surface area contributed by atoms with Crippen LogP contribution >= 0.6 is 11.3 Å². The van der Waals surface area contributed by atoms with Crippen LogP contribution in [0.15, 0.2) is 29.6 Å². The van der Waals surface area contributed by atoms with Crippen molar-refractivity contribution >= 4 is 16.5 Å². The molecule has 0 amide bonds. The lowest BCUT2D eigenvalue weighted by Gasteiger charge is -2.04. The van der Waals surface area contributed by atoms with Crippen LogP contribution in [0.25, 0.3) is 11.3 Å². The van der Waals surface area contributed by atoms with Crippen LogP contribution in [0, 0.1) is 0 Å². The lowest BCUT2D eigenvalue weighted by Crippen LogP contribution is -2.08. The molecular weight excluding hydrogens is 220 g/mol. The van der Waals surface area contributed by atoms with Gasteiger partial charge in [-0.1, -0.05) is 0 Å². The highest BCUT2D eigenvalue weighted by Gasteiger charge is 2.05. The van der Waals surface area contributed by atoms with Gasteiger partial charge < -0.3 is 10.4 Å². The van der Waals surface area contributed by atoms with Crippen molar-refractivity contribution in [3.63, 3.8) is 0 Å². The molecule has 0 saturated heterocycles. The second kappa shape index (κ2) is 4.53. The number of nitrogens with one attached hydrogen (secondary N) is 1. The molecule has 2 rings (SSSR count). The molecular formula is C12H14N2OS. The molecule has 1 heterocycles. The minimum absolute atomic E-state index is 0.277. The Labute approximate surface area is 98.8 Å². The van der Waals surface area contributed by atoms with Gasteiger partial charge in [0.05, 0.1) is 5.69 Å². The fraction of sp³-hybridized carbons (Fsp3) is 0.250. The zero-order chi connectivity index (χ0) is 11.5. The van der Waals surface area contributed by atoms with E-state index in [4.69, 9.17) is 0 Å². The fourth-order valence-electron chi connectivity index (χ4n) is 1.35. The average molecular weight is 234 g/mol. The molecule has 3 nitrogen and oxygen atoms in total. The first-order valence-corrected chi connectivity index (χ1v) is 6.04. The molecule has 0 bridgehead atoms. The van der Waals surface area contributed by atoms with E-state index in [1.54, 1.807) is 23.5 Å². The standard InChI is InChI=1S/C12H14N2OS/c1-8(2)13-12-14-11(7-16-12)9-3-5-10(15)6-4-9/h3-8,15H,1-2H3,(H,13,14). The van der Waals surface area contributed by atoms with Gasteiger partial charge in [0, 0.05) is 17.0 Å². The van der Waals surface area contributed by atoms with E-state index in [0.717, 1.165) is 16.4 Å². The molecule has 84 valence electrons. The van der Waals surface area contributed by atoms with Crippen LogP contribution in [0.5, 0.6) is 5.75 Å². The first kappa shape index (κ1) is 11.0. The molecule has 16 heavy (non-hydrogen) atoms. The number of anilines is 1.